The summed E-state index contributed by atoms with van der Waals surface area (Å²) < 4.78 is 10.4. The molecular weight excluding hydrogens is 256 g/mol. The van der Waals surface area contributed by atoms with E-state index in [4.69, 9.17) is 15.2 Å². The third-order valence-electron chi connectivity index (χ3n) is 2.56. The number of amides is 1. The Hall–Kier alpha value is -1.75. The number of carbonyl (C=O) groups is 1. The summed E-state index contributed by atoms with van der Waals surface area (Å²) in [6.45, 7) is 9.17. The van der Waals surface area contributed by atoms with Gasteiger partial charge in [-0.25, -0.2) is 4.79 Å². The Labute approximate surface area is 120 Å². The maximum atomic E-state index is 11.9. The molecule has 1 aromatic carbocycles. The maximum Gasteiger partial charge on any atom is 0.412 e. The lowest BCUT2D eigenvalue weighted by atomic mass is 9.93. The molecule has 0 heterocycles. The number of benzene rings is 1. The zero-order chi connectivity index (χ0) is 15.6. The summed E-state index contributed by atoms with van der Waals surface area (Å²) in [6, 6.07) is 5.33. The van der Waals surface area contributed by atoms with Crippen molar-refractivity contribution in [3.05, 3.63) is 23.8 Å². The van der Waals surface area contributed by atoms with Crippen LogP contribution in [0.2, 0.25) is 0 Å². The van der Waals surface area contributed by atoms with Gasteiger partial charge in [0.15, 0.2) is 0 Å². The zero-order valence-electron chi connectivity index (χ0n) is 13.0. The van der Waals surface area contributed by atoms with Gasteiger partial charge < -0.3 is 15.2 Å². The van der Waals surface area contributed by atoms with Gasteiger partial charge in [0.05, 0.1) is 7.11 Å². The summed E-state index contributed by atoms with van der Waals surface area (Å²) >= 11 is 0. The molecule has 5 heteroatoms. The van der Waals surface area contributed by atoms with Gasteiger partial charge in [-0.2, -0.15) is 0 Å². The SMILES string of the molecule is COc1ccc(NC(=O)OC(C)(C)C)c(C(C)(C)N)c1. The number of anilines is 1. The van der Waals surface area contributed by atoms with Crippen molar-refractivity contribution in [2.75, 3.05) is 12.4 Å². The van der Waals surface area contributed by atoms with Gasteiger partial charge in [0.1, 0.15) is 11.4 Å². The van der Waals surface area contributed by atoms with E-state index in [9.17, 15) is 4.79 Å². The highest BCUT2D eigenvalue weighted by atomic mass is 16.6. The van der Waals surface area contributed by atoms with Crippen molar-refractivity contribution in [1.29, 1.82) is 0 Å². The summed E-state index contributed by atoms with van der Waals surface area (Å²) in [7, 11) is 1.59. The number of methoxy groups -OCH3 is 1. The van der Waals surface area contributed by atoms with Crippen LogP contribution in [0.25, 0.3) is 0 Å². The largest absolute Gasteiger partial charge is 0.497 e. The monoisotopic (exact) mass is 280 g/mol. The molecule has 0 radical (unpaired) electrons. The minimum absolute atomic E-state index is 0.506. The first kappa shape index (κ1) is 16.3. The van der Waals surface area contributed by atoms with Gasteiger partial charge in [0.2, 0.25) is 0 Å². The predicted molar refractivity (Wildman–Crippen MR) is 80.1 cm³/mol. The van der Waals surface area contributed by atoms with E-state index >= 15 is 0 Å². The van der Waals surface area contributed by atoms with Crippen LogP contribution in [0, 0.1) is 0 Å². The molecule has 0 spiro atoms. The second kappa shape index (κ2) is 5.71. The van der Waals surface area contributed by atoms with Gasteiger partial charge in [-0.1, -0.05) is 0 Å². The predicted octanol–water partition coefficient (Wildman–Crippen LogP) is 3.24. The second-order valence-electron chi connectivity index (χ2n) is 6.26. The van der Waals surface area contributed by atoms with Crippen molar-refractivity contribution >= 4 is 11.8 Å². The molecule has 3 N–H and O–H groups in total. The van der Waals surface area contributed by atoms with Crippen molar-refractivity contribution < 1.29 is 14.3 Å². The van der Waals surface area contributed by atoms with Crippen LogP contribution in [-0.4, -0.2) is 18.8 Å². The quantitative estimate of drug-likeness (QED) is 0.891. The minimum atomic E-state index is -0.612. The Balaban J connectivity index is 3.03. The lowest BCUT2D eigenvalue weighted by Gasteiger charge is -2.25. The topological polar surface area (TPSA) is 73.6 Å². The van der Waals surface area contributed by atoms with Crippen molar-refractivity contribution in [3.63, 3.8) is 0 Å². The lowest BCUT2D eigenvalue weighted by molar-refractivity contribution is 0.0635. The molecular formula is C15H24N2O3. The molecule has 0 fully saturated rings. The highest BCUT2D eigenvalue weighted by Gasteiger charge is 2.22. The second-order valence-corrected chi connectivity index (χ2v) is 6.26. The molecule has 0 saturated carbocycles. The molecule has 1 aromatic rings. The molecule has 0 aliphatic rings. The Bertz CT molecular complexity index is 485. The summed E-state index contributed by atoms with van der Waals surface area (Å²) in [5.41, 5.74) is 6.38. The van der Waals surface area contributed by atoms with Crippen molar-refractivity contribution in [2.24, 2.45) is 5.73 Å². The average molecular weight is 280 g/mol. The number of ether oxygens (including phenoxy) is 2. The van der Waals surface area contributed by atoms with E-state index in [0.717, 1.165) is 5.56 Å². The third kappa shape index (κ3) is 4.74. The fourth-order valence-corrected chi connectivity index (χ4v) is 1.71. The molecule has 0 aliphatic carbocycles. The van der Waals surface area contributed by atoms with Crippen molar-refractivity contribution in [1.82, 2.24) is 0 Å². The van der Waals surface area contributed by atoms with Crippen molar-refractivity contribution in [2.45, 2.75) is 45.8 Å². The maximum absolute atomic E-state index is 11.9. The van der Waals surface area contributed by atoms with E-state index in [1.54, 1.807) is 19.2 Å². The van der Waals surface area contributed by atoms with Crippen LogP contribution in [0.4, 0.5) is 10.5 Å². The third-order valence-corrected chi connectivity index (χ3v) is 2.56. The molecule has 1 rings (SSSR count). The Morgan fingerprint density at radius 2 is 1.80 bits per heavy atom. The molecule has 0 aromatic heterocycles. The Kier molecular flexibility index (Phi) is 4.65. The molecule has 0 aliphatic heterocycles. The van der Waals surface area contributed by atoms with Crippen LogP contribution >= 0.6 is 0 Å². The smallest absolute Gasteiger partial charge is 0.412 e. The van der Waals surface area contributed by atoms with E-state index in [2.05, 4.69) is 5.32 Å². The van der Waals surface area contributed by atoms with Crippen molar-refractivity contribution in [3.8, 4) is 5.75 Å². The van der Waals surface area contributed by atoms with Crippen LogP contribution in [0.5, 0.6) is 5.75 Å². The molecule has 112 valence electrons. The highest BCUT2D eigenvalue weighted by molar-refractivity contribution is 5.86. The first-order valence-electron chi connectivity index (χ1n) is 6.50. The average Bonchev–Trinajstić information content (AvgIpc) is 2.25. The van der Waals surface area contributed by atoms with Gasteiger partial charge in [-0.15, -0.1) is 0 Å². The van der Waals surface area contributed by atoms with Crippen LogP contribution in [0.1, 0.15) is 40.2 Å². The molecule has 0 atom stereocenters. The summed E-state index contributed by atoms with van der Waals surface area (Å²) in [6.07, 6.45) is -0.506. The number of nitrogens with one attached hydrogen (secondary N) is 1. The van der Waals surface area contributed by atoms with Gasteiger partial charge in [0, 0.05) is 11.2 Å². The van der Waals surface area contributed by atoms with Gasteiger partial charge in [-0.3, -0.25) is 5.32 Å². The number of nitrogens with two attached hydrogens (primary N) is 1. The molecule has 0 unspecified atom stereocenters. The number of hydrogen-bond donors (Lipinski definition) is 2. The molecule has 1 amide bonds. The van der Waals surface area contributed by atoms with E-state index in [1.165, 1.54) is 0 Å². The first-order valence-corrected chi connectivity index (χ1v) is 6.50. The molecule has 0 bridgehead atoms. The van der Waals surface area contributed by atoms with Gasteiger partial charge >= 0.3 is 6.09 Å². The Morgan fingerprint density at radius 1 is 1.20 bits per heavy atom. The number of carbonyl (C=O) groups excluding carboxylic acids is 1. The van der Waals surface area contributed by atoms with E-state index in [-0.39, 0.29) is 0 Å². The summed E-state index contributed by atoms with van der Waals surface area (Å²) in [5, 5.41) is 2.73. The van der Waals surface area contributed by atoms with Gasteiger partial charge in [0.25, 0.3) is 0 Å². The van der Waals surface area contributed by atoms with Crippen LogP contribution in [0.3, 0.4) is 0 Å². The van der Waals surface area contributed by atoms with E-state index in [0.29, 0.717) is 11.4 Å². The zero-order valence-corrected chi connectivity index (χ0v) is 13.0. The lowest BCUT2D eigenvalue weighted by Crippen LogP contribution is -2.32. The van der Waals surface area contributed by atoms with Gasteiger partial charge in [-0.05, 0) is 58.4 Å². The first-order chi connectivity index (χ1) is 9.03. The highest BCUT2D eigenvalue weighted by Crippen LogP contribution is 2.30. The standard InChI is InChI=1S/C15H24N2O3/c1-14(2,3)20-13(18)17-12-8-7-10(19-6)9-11(12)15(4,5)16/h7-9H,16H2,1-6H3,(H,17,18). The normalized spacial score (nSPS) is 11.9. The van der Waals surface area contributed by atoms with Crippen LogP contribution in [0.15, 0.2) is 18.2 Å². The number of hydrogen-bond acceptors (Lipinski definition) is 4. The van der Waals surface area contributed by atoms with Crippen LogP contribution < -0.4 is 15.8 Å². The fourth-order valence-electron chi connectivity index (χ4n) is 1.71. The fraction of sp³-hybridized carbons (Fsp3) is 0.533. The van der Waals surface area contributed by atoms with E-state index < -0.39 is 17.2 Å². The summed E-state index contributed by atoms with van der Waals surface area (Å²) in [5.74, 6) is 0.688. The molecule has 20 heavy (non-hydrogen) atoms. The minimum Gasteiger partial charge on any atom is -0.497 e. The summed E-state index contributed by atoms with van der Waals surface area (Å²) in [4.78, 5) is 11.9. The van der Waals surface area contributed by atoms with Crippen LogP contribution in [-0.2, 0) is 10.3 Å². The molecule has 5 nitrogen and oxygen atoms in total. The Morgan fingerprint density at radius 3 is 2.25 bits per heavy atom. The number of rotatable bonds is 3. The molecule has 0 saturated heterocycles. The van der Waals surface area contributed by atoms with E-state index in [1.807, 2.05) is 40.7 Å².